The molecule has 1 amide bonds. The Balaban J connectivity index is 2.29. The Morgan fingerprint density at radius 3 is 2.62 bits per heavy atom. The van der Waals surface area contributed by atoms with Gasteiger partial charge in [-0.3, -0.25) is 4.90 Å². The minimum Gasteiger partial charge on any atom is -0.465 e. The third-order valence-electron chi connectivity index (χ3n) is 4.16. The second-order valence-electron chi connectivity index (χ2n) is 7.11. The van der Waals surface area contributed by atoms with Crippen LogP contribution < -0.4 is 4.72 Å². The Kier molecular flexibility index (Phi) is 5.05. The topological polar surface area (TPSA) is 86.7 Å². The summed E-state index contributed by atoms with van der Waals surface area (Å²) in [5, 5.41) is 9.60. The maximum absolute atomic E-state index is 12.4. The molecule has 0 saturated heterocycles. The fraction of sp³-hybridized carbons (Fsp3) is 0.471. The van der Waals surface area contributed by atoms with E-state index in [0.717, 1.165) is 0 Å². The van der Waals surface area contributed by atoms with E-state index in [1.54, 1.807) is 30.3 Å². The summed E-state index contributed by atoms with van der Waals surface area (Å²) in [6.07, 6.45) is 0.958. The second-order valence-corrected chi connectivity index (χ2v) is 8.79. The highest BCUT2D eigenvalue weighted by atomic mass is 32.2. The molecule has 2 rings (SSSR count). The Labute approximate surface area is 143 Å². The number of rotatable bonds is 4. The smallest absolute Gasteiger partial charge is 0.407 e. The Morgan fingerprint density at radius 1 is 1.46 bits per heavy atom. The molecule has 1 aliphatic rings. The summed E-state index contributed by atoms with van der Waals surface area (Å²) in [5.74, 6) is 0. The lowest BCUT2D eigenvalue weighted by molar-refractivity contribution is 0.0964. The first-order valence-corrected chi connectivity index (χ1v) is 9.27. The molecule has 0 spiro atoms. The van der Waals surface area contributed by atoms with Gasteiger partial charge in [-0.05, 0) is 23.5 Å². The number of carbonyl (C=O) groups is 1. The van der Waals surface area contributed by atoms with Crippen LogP contribution in [0.15, 0.2) is 41.8 Å². The predicted octanol–water partition coefficient (Wildman–Crippen LogP) is 2.47. The standard InChI is InChI=1S/C17H24N2O4S/c1-5-15(17(2,3)4)19(16(20)21)11-13-10-12-8-6-7-9-14(12)24(22,23)18-13/h5-9,13,15,18H,1,10-11H2,2-4H3,(H,20,21). The zero-order valence-electron chi connectivity index (χ0n) is 14.2. The number of hydrogen-bond donors (Lipinski definition) is 2. The minimum atomic E-state index is -3.63. The van der Waals surface area contributed by atoms with Crippen LogP contribution >= 0.6 is 0 Å². The van der Waals surface area contributed by atoms with Gasteiger partial charge < -0.3 is 5.11 Å². The SMILES string of the molecule is C=CC(N(CC1Cc2ccccc2S(=O)(=O)N1)C(=O)O)C(C)(C)C. The monoisotopic (exact) mass is 352 g/mol. The number of hydrogen-bond acceptors (Lipinski definition) is 3. The molecule has 1 aliphatic heterocycles. The Morgan fingerprint density at radius 2 is 2.08 bits per heavy atom. The van der Waals surface area contributed by atoms with Crippen molar-refractivity contribution in [1.82, 2.24) is 9.62 Å². The van der Waals surface area contributed by atoms with Crippen molar-refractivity contribution < 1.29 is 18.3 Å². The van der Waals surface area contributed by atoms with E-state index in [2.05, 4.69) is 11.3 Å². The molecule has 1 heterocycles. The quantitative estimate of drug-likeness (QED) is 0.815. The molecule has 7 heteroatoms. The van der Waals surface area contributed by atoms with Crippen molar-refractivity contribution in [2.75, 3.05) is 6.54 Å². The van der Waals surface area contributed by atoms with Crippen LogP contribution in [-0.4, -0.2) is 43.1 Å². The van der Waals surface area contributed by atoms with Gasteiger partial charge in [-0.2, -0.15) is 0 Å². The average Bonchev–Trinajstić information content (AvgIpc) is 2.44. The molecule has 1 aromatic rings. The summed E-state index contributed by atoms with van der Waals surface area (Å²) in [5.41, 5.74) is 0.364. The van der Waals surface area contributed by atoms with E-state index in [0.29, 0.717) is 12.0 Å². The largest absolute Gasteiger partial charge is 0.465 e. The molecule has 2 atom stereocenters. The summed E-state index contributed by atoms with van der Waals surface area (Å²) in [6, 6.07) is 5.86. The molecule has 0 bridgehead atoms. The molecule has 0 aliphatic carbocycles. The van der Waals surface area contributed by atoms with Crippen LogP contribution in [0.5, 0.6) is 0 Å². The number of benzene rings is 1. The van der Waals surface area contributed by atoms with Gasteiger partial charge in [-0.1, -0.05) is 45.0 Å². The van der Waals surface area contributed by atoms with Crippen LogP contribution in [0.3, 0.4) is 0 Å². The molecule has 0 saturated carbocycles. The van der Waals surface area contributed by atoms with Crippen molar-refractivity contribution in [3.63, 3.8) is 0 Å². The molecule has 132 valence electrons. The van der Waals surface area contributed by atoms with Crippen molar-refractivity contribution >= 4 is 16.1 Å². The first-order valence-electron chi connectivity index (χ1n) is 7.78. The van der Waals surface area contributed by atoms with Gasteiger partial charge in [0, 0.05) is 12.6 Å². The second kappa shape index (κ2) is 6.57. The van der Waals surface area contributed by atoms with E-state index in [1.165, 1.54) is 4.90 Å². The third-order valence-corrected chi connectivity index (χ3v) is 5.78. The van der Waals surface area contributed by atoms with Crippen LogP contribution in [0.4, 0.5) is 4.79 Å². The van der Waals surface area contributed by atoms with E-state index in [-0.39, 0.29) is 16.9 Å². The van der Waals surface area contributed by atoms with Crippen molar-refractivity contribution in [1.29, 1.82) is 0 Å². The average molecular weight is 352 g/mol. The van der Waals surface area contributed by atoms with Crippen LogP contribution in [0.2, 0.25) is 0 Å². The highest BCUT2D eigenvalue weighted by Crippen LogP contribution is 2.28. The first kappa shape index (κ1) is 18.5. The molecule has 24 heavy (non-hydrogen) atoms. The first-order chi connectivity index (χ1) is 11.1. The molecule has 0 aromatic heterocycles. The zero-order valence-corrected chi connectivity index (χ0v) is 15.0. The van der Waals surface area contributed by atoms with Crippen LogP contribution in [0, 0.1) is 5.41 Å². The lowest BCUT2D eigenvalue weighted by Gasteiger charge is -2.39. The van der Waals surface area contributed by atoms with E-state index in [9.17, 15) is 18.3 Å². The minimum absolute atomic E-state index is 0.0663. The number of carboxylic acid groups (broad SMARTS) is 1. The van der Waals surface area contributed by atoms with Gasteiger partial charge in [-0.15, -0.1) is 6.58 Å². The summed E-state index contributed by atoms with van der Waals surface area (Å²) in [6.45, 7) is 9.59. The van der Waals surface area contributed by atoms with Gasteiger partial charge in [0.05, 0.1) is 10.9 Å². The van der Waals surface area contributed by atoms with Gasteiger partial charge >= 0.3 is 6.09 Å². The van der Waals surface area contributed by atoms with Gasteiger partial charge in [-0.25, -0.2) is 17.9 Å². The van der Waals surface area contributed by atoms with E-state index in [4.69, 9.17) is 0 Å². The van der Waals surface area contributed by atoms with Gasteiger partial charge in [0.2, 0.25) is 10.0 Å². The molecule has 0 fully saturated rings. The van der Waals surface area contributed by atoms with E-state index < -0.39 is 28.2 Å². The van der Waals surface area contributed by atoms with Crippen molar-refractivity contribution in [3.8, 4) is 0 Å². The molecule has 2 N–H and O–H groups in total. The van der Waals surface area contributed by atoms with Crippen molar-refractivity contribution in [2.24, 2.45) is 5.41 Å². The Bertz CT molecular complexity index is 737. The molecule has 1 aromatic carbocycles. The van der Waals surface area contributed by atoms with Crippen molar-refractivity contribution in [3.05, 3.63) is 42.5 Å². The van der Waals surface area contributed by atoms with Gasteiger partial charge in [0.15, 0.2) is 0 Å². The molecule has 2 unspecified atom stereocenters. The summed E-state index contributed by atoms with van der Waals surface area (Å²) < 4.78 is 27.3. The lowest BCUT2D eigenvalue weighted by atomic mass is 9.85. The van der Waals surface area contributed by atoms with Crippen LogP contribution in [0.1, 0.15) is 26.3 Å². The van der Waals surface area contributed by atoms with Crippen LogP contribution in [0.25, 0.3) is 0 Å². The van der Waals surface area contributed by atoms with Crippen LogP contribution in [-0.2, 0) is 16.4 Å². The maximum Gasteiger partial charge on any atom is 0.407 e. The van der Waals surface area contributed by atoms with E-state index >= 15 is 0 Å². The Hall–Kier alpha value is -1.86. The predicted molar refractivity (Wildman–Crippen MR) is 92.4 cm³/mol. The van der Waals surface area contributed by atoms with Crippen molar-refractivity contribution in [2.45, 2.75) is 44.2 Å². The molecule has 0 radical (unpaired) electrons. The number of nitrogens with zero attached hydrogens (tertiary/aromatic N) is 1. The highest BCUT2D eigenvalue weighted by Gasteiger charge is 2.36. The number of nitrogens with one attached hydrogen (secondary N) is 1. The number of amides is 1. The molecular formula is C17H24N2O4S. The maximum atomic E-state index is 12.4. The summed E-state index contributed by atoms with van der Waals surface area (Å²) in [7, 11) is -3.63. The fourth-order valence-corrected chi connectivity index (χ4v) is 4.60. The van der Waals surface area contributed by atoms with Gasteiger partial charge in [0.1, 0.15) is 0 Å². The fourth-order valence-electron chi connectivity index (χ4n) is 3.12. The molecule has 6 nitrogen and oxygen atoms in total. The number of fused-ring (bicyclic) bond motifs is 1. The van der Waals surface area contributed by atoms with E-state index in [1.807, 2.05) is 20.8 Å². The van der Waals surface area contributed by atoms with Gasteiger partial charge in [0.25, 0.3) is 0 Å². The highest BCUT2D eigenvalue weighted by molar-refractivity contribution is 7.89. The molecular weight excluding hydrogens is 328 g/mol. The normalized spacial score (nSPS) is 20.7. The summed E-state index contributed by atoms with van der Waals surface area (Å²) in [4.78, 5) is 13.2. The summed E-state index contributed by atoms with van der Waals surface area (Å²) >= 11 is 0. The zero-order chi connectivity index (χ0) is 18.1. The number of sulfonamides is 1. The lowest BCUT2D eigenvalue weighted by Crippen LogP contribution is -2.54. The third kappa shape index (κ3) is 3.79.